The second-order valence-corrected chi connectivity index (χ2v) is 16.3. The molecule has 1 amide bonds. The molecule has 2 aromatic carbocycles. The number of aryl methyl sites for hydroxylation is 2. The highest BCUT2D eigenvalue weighted by Crippen LogP contribution is 2.62. The number of amides is 1. The summed E-state index contributed by atoms with van der Waals surface area (Å²) >= 11 is 0. The highest BCUT2D eigenvalue weighted by atomic mass is 32.2. The molecule has 4 aliphatic rings. The van der Waals surface area contributed by atoms with Crippen LogP contribution in [0.4, 0.5) is 32.3 Å². The van der Waals surface area contributed by atoms with E-state index >= 15 is 0 Å². The van der Waals surface area contributed by atoms with Crippen molar-refractivity contribution in [2.24, 2.45) is 10.8 Å². The van der Waals surface area contributed by atoms with Crippen molar-refractivity contribution in [1.29, 1.82) is 0 Å². The van der Waals surface area contributed by atoms with Crippen molar-refractivity contribution in [3.8, 4) is 17.1 Å². The molecule has 3 fully saturated rings. The minimum atomic E-state index is -4.54. The van der Waals surface area contributed by atoms with E-state index in [1.807, 2.05) is 32.0 Å². The van der Waals surface area contributed by atoms with Crippen molar-refractivity contribution in [3.05, 3.63) is 65.2 Å². The average molecular weight is 738 g/mol. The van der Waals surface area contributed by atoms with Gasteiger partial charge in [-0.3, -0.25) is 4.79 Å². The molecule has 0 saturated heterocycles. The number of sulfonamides is 1. The van der Waals surface area contributed by atoms with Crippen LogP contribution in [0.5, 0.6) is 5.88 Å². The largest absolute Gasteiger partial charge is 0.475 e. The second kappa shape index (κ2) is 12.3. The molecule has 0 radical (unpaired) electrons. The van der Waals surface area contributed by atoms with E-state index in [9.17, 15) is 39.6 Å². The molecule has 2 N–H and O–H groups in total. The molecule has 3 saturated carbocycles. The zero-order chi connectivity index (χ0) is 36.6. The summed E-state index contributed by atoms with van der Waals surface area (Å²) in [6, 6.07) is 10.3. The lowest BCUT2D eigenvalue weighted by atomic mass is 9.51. The molecule has 4 bridgehead atoms. The summed E-state index contributed by atoms with van der Waals surface area (Å²) in [5.41, 5.74) is 0.282. The Hall–Kier alpha value is -3.92. The number of halogens is 6. The van der Waals surface area contributed by atoms with Gasteiger partial charge in [-0.05, 0) is 93.5 Å². The van der Waals surface area contributed by atoms with Crippen LogP contribution in [0, 0.1) is 24.7 Å². The topological polar surface area (TPSA) is 114 Å². The number of rotatable bonds is 6. The van der Waals surface area contributed by atoms with Gasteiger partial charge in [-0.15, -0.1) is 0 Å². The van der Waals surface area contributed by atoms with Crippen molar-refractivity contribution in [1.82, 2.24) is 20.2 Å². The summed E-state index contributed by atoms with van der Waals surface area (Å²) in [7, 11) is -4.36. The second-order valence-electron chi connectivity index (χ2n) is 14.6. The predicted molar refractivity (Wildman–Crippen MR) is 175 cm³/mol. The molecular weight excluding hydrogens is 700 g/mol. The number of hydrogen-bond acceptors (Lipinski definition) is 7. The van der Waals surface area contributed by atoms with E-state index in [1.165, 1.54) is 35.2 Å². The Balaban J connectivity index is 1.27. The number of carbonyl (C=O) groups excluding carboxylic acids is 1. The number of ether oxygens (including phenoxy) is 1. The molecule has 7 rings (SSSR count). The fourth-order valence-electron chi connectivity index (χ4n) is 8.13. The first-order valence-electron chi connectivity index (χ1n) is 16.8. The number of nitrogens with one attached hydrogen (secondary N) is 2. The molecule has 51 heavy (non-hydrogen) atoms. The summed E-state index contributed by atoms with van der Waals surface area (Å²) < 4.78 is 118. The van der Waals surface area contributed by atoms with Gasteiger partial charge in [0.05, 0.1) is 28.6 Å². The van der Waals surface area contributed by atoms with Gasteiger partial charge in [0.25, 0.3) is 15.9 Å². The highest BCUT2D eigenvalue weighted by Gasteiger charge is 2.65. The van der Waals surface area contributed by atoms with Crippen LogP contribution in [0.25, 0.3) is 11.3 Å². The van der Waals surface area contributed by atoms with Crippen molar-refractivity contribution >= 4 is 21.9 Å². The number of benzene rings is 2. The van der Waals surface area contributed by atoms with Crippen molar-refractivity contribution < 1.29 is 44.3 Å². The maximum Gasteiger partial charge on any atom is 0.401 e. The van der Waals surface area contributed by atoms with Crippen molar-refractivity contribution in [2.75, 3.05) is 17.9 Å². The number of hydrogen-bond donors (Lipinski definition) is 2. The normalized spacial score (nSPS) is 26.8. The zero-order valence-electron chi connectivity index (χ0n) is 27.9. The maximum atomic E-state index is 14.5. The van der Waals surface area contributed by atoms with Crippen LogP contribution >= 0.6 is 0 Å². The zero-order valence-corrected chi connectivity index (χ0v) is 28.7. The number of carbonyl (C=O) groups is 1. The lowest BCUT2D eigenvalue weighted by Gasteiger charge is -2.61. The van der Waals surface area contributed by atoms with Crippen LogP contribution in [0.1, 0.15) is 66.4 Å². The van der Waals surface area contributed by atoms with Gasteiger partial charge in [0.15, 0.2) is 0 Å². The molecule has 1 aliphatic heterocycles. The lowest BCUT2D eigenvalue weighted by molar-refractivity contribution is -0.194. The summed E-state index contributed by atoms with van der Waals surface area (Å²) in [6.07, 6.45) is -7.91. The first-order chi connectivity index (χ1) is 23.9. The van der Waals surface area contributed by atoms with E-state index in [0.717, 1.165) is 11.1 Å². The Morgan fingerprint density at radius 3 is 2.25 bits per heavy atom. The summed E-state index contributed by atoms with van der Waals surface area (Å²) in [5, 5.41) is 2.52. The monoisotopic (exact) mass is 737 g/mol. The quantitative estimate of drug-likeness (QED) is 0.263. The summed E-state index contributed by atoms with van der Waals surface area (Å²) in [4.78, 5) is 24.3. The Labute approximate surface area is 291 Å². The number of fused-ring (bicyclic) bond motifs is 4. The van der Waals surface area contributed by atoms with Crippen LogP contribution in [-0.4, -0.2) is 72.8 Å². The molecule has 274 valence electrons. The number of nitrogens with zero attached hydrogens (tertiary/aromatic N) is 3. The van der Waals surface area contributed by atoms with E-state index < -0.39 is 58.7 Å². The molecule has 3 aromatic rings. The lowest BCUT2D eigenvalue weighted by Crippen LogP contribution is -2.64. The van der Waals surface area contributed by atoms with Gasteiger partial charge in [-0.25, -0.2) is 18.1 Å². The Morgan fingerprint density at radius 2 is 1.63 bits per heavy atom. The van der Waals surface area contributed by atoms with Crippen LogP contribution in [0.3, 0.4) is 0 Å². The van der Waals surface area contributed by atoms with E-state index in [1.54, 1.807) is 0 Å². The average Bonchev–Trinajstić information content (AvgIpc) is 3.79. The van der Waals surface area contributed by atoms with E-state index in [2.05, 4.69) is 20.0 Å². The first-order valence-corrected chi connectivity index (χ1v) is 18.3. The van der Waals surface area contributed by atoms with Gasteiger partial charge >= 0.3 is 12.4 Å². The molecule has 0 unspecified atom stereocenters. The summed E-state index contributed by atoms with van der Waals surface area (Å²) in [5.74, 6) is -1.07. The number of anilines is 1. The molecule has 16 heteroatoms. The van der Waals surface area contributed by atoms with Crippen LogP contribution in [0.2, 0.25) is 0 Å². The standard InChI is InChI=1S/C35H37F6N5O4S/c1-20-5-3-6-21(2)29(20)27-12-28-44-31(43-27)45-51(48,49)26-8-4-7-22(11-26)30(47)46(25(18-50-28)17-33(9-10-33)35(39,40)41)24-15-32(16-24)13-23(14-32)42-19-34(36,37)38/h3-8,11-12,23-25,42H,9-10,13-19H2,1-2H3,(H,43,44,45)/t23?,24?,25-,32?/m1/s1. The number of aromatic nitrogens is 2. The minimum absolute atomic E-state index is 0.0397. The van der Waals surface area contributed by atoms with Crippen LogP contribution in [0.15, 0.2) is 53.4 Å². The Bertz CT molecular complexity index is 1930. The van der Waals surface area contributed by atoms with Crippen molar-refractivity contribution in [3.63, 3.8) is 0 Å². The molecule has 1 aromatic heterocycles. The maximum absolute atomic E-state index is 14.5. The smallest absolute Gasteiger partial charge is 0.401 e. The van der Waals surface area contributed by atoms with Crippen molar-refractivity contribution in [2.45, 2.75) is 94.2 Å². The third kappa shape index (κ3) is 7.00. The third-order valence-corrected chi connectivity index (χ3v) is 12.2. The minimum Gasteiger partial charge on any atom is -0.475 e. The van der Waals surface area contributed by atoms with Gasteiger partial charge in [-0.1, -0.05) is 24.3 Å². The van der Waals surface area contributed by atoms with Crippen LogP contribution < -0.4 is 14.8 Å². The fraction of sp³-hybridized carbons (Fsp3) is 0.514. The Morgan fingerprint density at radius 1 is 0.961 bits per heavy atom. The molecule has 1 spiro atoms. The molecule has 1 atom stereocenters. The highest BCUT2D eigenvalue weighted by molar-refractivity contribution is 7.92. The predicted octanol–water partition coefficient (Wildman–Crippen LogP) is 6.96. The fourth-order valence-corrected chi connectivity index (χ4v) is 9.12. The molecule has 2 heterocycles. The Kier molecular flexibility index (Phi) is 8.59. The number of alkyl halides is 6. The first kappa shape index (κ1) is 35.5. The molecule has 3 aliphatic carbocycles. The van der Waals surface area contributed by atoms with E-state index in [0.29, 0.717) is 36.9 Å². The third-order valence-electron chi connectivity index (χ3n) is 10.9. The SMILES string of the molecule is Cc1cccc(C)c1-c1cc2nc(n1)NS(=O)(=O)c1cccc(c1)C(=O)N(C1CC3(CC(NCC(F)(F)F)C3)C1)[C@H](CC1(C(F)(F)F)CC1)CO2. The van der Waals surface area contributed by atoms with Gasteiger partial charge in [0, 0.05) is 29.3 Å². The van der Waals surface area contributed by atoms with Gasteiger partial charge in [0.1, 0.15) is 6.61 Å². The van der Waals surface area contributed by atoms with E-state index in [-0.39, 0.29) is 53.2 Å². The molecule has 9 nitrogen and oxygen atoms in total. The van der Waals surface area contributed by atoms with E-state index in [4.69, 9.17) is 4.74 Å². The summed E-state index contributed by atoms with van der Waals surface area (Å²) in [6.45, 7) is 2.22. The van der Waals surface area contributed by atoms with Gasteiger partial charge in [0.2, 0.25) is 11.8 Å². The van der Waals surface area contributed by atoms with Crippen LogP contribution in [-0.2, 0) is 10.0 Å². The van der Waals surface area contributed by atoms with Gasteiger partial charge < -0.3 is 15.0 Å². The van der Waals surface area contributed by atoms with Gasteiger partial charge in [-0.2, -0.15) is 31.3 Å². The molecular formula is C35H37F6N5O4S.